The van der Waals surface area contributed by atoms with Gasteiger partial charge in [0.2, 0.25) is 5.91 Å². The topological polar surface area (TPSA) is 87.8 Å². The number of likely N-dealkylation sites (N-methyl/N-ethyl adjacent to an activating group) is 1. The molecule has 2 N–H and O–H groups in total. The van der Waals surface area contributed by atoms with E-state index in [0.29, 0.717) is 56.5 Å². The molecule has 0 radical (unpaired) electrons. The lowest BCUT2D eigenvalue weighted by Gasteiger charge is -2.42. The van der Waals surface area contributed by atoms with Crippen molar-refractivity contribution in [3.63, 3.8) is 0 Å². The van der Waals surface area contributed by atoms with Crippen molar-refractivity contribution >= 4 is 17.4 Å². The van der Waals surface area contributed by atoms with Crippen LogP contribution in [0.15, 0.2) is 18.7 Å². The summed E-state index contributed by atoms with van der Waals surface area (Å²) in [5.41, 5.74) is 5.58. The number of nitrogens with two attached hydrogens (primary N) is 1. The van der Waals surface area contributed by atoms with Gasteiger partial charge in [-0.3, -0.25) is 9.69 Å². The lowest BCUT2D eigenvalue weighted by Crippen LogP contribution is -2.54. The predicted octanol–water partition coefficient (Wildman–Crippen LogP) is 5.38. The van der Waals surface area contributed by atoms with E-state index in [1.165, 1.54) is 13.0 Å². The van der Waals surface area contributed by atoms with Crippen molar-refractivity contribution in [2.24, 2.45) is 11.8 Å². The molecule has 0 saturated carbocycles. The van der Waals surface area contributed by atoms with Gasteiger partial charge in [-0.1, -0.05) is 26.8 Å². The van der Waals surface area contributed by atoms with Crippen molar-refractivity contribution in [1.82, 2.24) is 19.8 Å². The predicted molar refractivity (Wildman–Crippen MR) is 166 cm³/mol. The van der Waals surface area contributed by atoms with E-state index in [0.717, 1.165) is 24.6 Å². The van der Waals surface area contributed by atoms with E-state index in [1.807, 2.05) is 13.8 Å². The summed E-state index contributed by atoms with van der Waals surface area (Å²) >= 11 is 0. The standard InChI is InChI=1S/C33H44F4N6O2/c1-7-21-13-24-26(14-23(21)28-29(33(35,36)37)19(4)12-25(38)30(28)34)39-32(45-17-22-11-18(3)15-41(22)6)40-31(24)43-10-9-42(16-20(43)5)27(44)8-2/h8,12,18,20-23H,2,7,9-11,13-17,38H2,1,3-6H3/t18-,20+,21-,22+,23-/m1/s1. The molecule has 1 aromatic carbocycles. The number of fused-ring (bicyclic) bond motifs is 1. The van der Waals surface area contributed by atoms with E-state index >= 15 is 4.39 Å². The molecule has 3 aliphatic rings. The van der Waals surface area contributed by atoms with E-state index in [4.69, 9.17) is 20.4 Å². The Bertz CT molecular complexity index is 1450. The fraction of sp³-hybridized carbons (Fsp3) is 0.606. The third kappa shape index (κ3) is 6.48. The molecule has 2 fully saturated rings. The smallest absolute Gasteiger partial charge is 0.417 e. The first-order chi connectivity index (χ1) is 21.2. The Morgan fingerprint density at radius 2 is 1.93 bits per heavy atom. The van der Waals surface area contributed by atoms with Crippen LogP contribution in [0.4, 0.5) is 29.1 Å². The number of rotatable bonds is 7. The first-order valence-corrected chi connectivity index (χ1v) is 15.8. The zero-order chi connectivity index (χ0) is 32.8. The zero-order valence-electron chi connectivity index (χ0n) is 26.8. The van der Waals surface area contributed by atoms with Gasteiger partial charge in [0.05, 0.1) is 16.9 Å². The number of benzene rings is 1. The number of anilines is 2. The molecular formula is C33H44F4N6O2. The Hall–Kier alpha value is -3.41. The molecule has 5 rings (SSSR count). The lowest BCUT2D eigenvalue weighted by atomic mass is 9.71. The van der Waals surface area contributed by atoms with Crippen LogP contribution in [0.5, 0.6) is 6.01 Å². The van der Waals surface area contributed by atoms with E-state index in [2.05, 4.69) is 30.4 Å². The molecule has 8 nitrogen and oxygen atoms in total. The molecular weight excluding hydrogens is 588 g/mol. The second-order valence-electron chi connectivity index (χ2n) is 13.1. The van der Waals surface area contributed by atoms with E-state index in [1.54, 1.807) is 4.90 Å². The Balaban J connectivity index is 1.58. The summed E-state index contributed by atoms with van der Waals surface area (Å²) in [6.07, 6.45) is -1.49. The number of hydrogen-bond donors (Lipinski definition) is 1. The molecule has 0 spiro atoms. The van der Waals surface area contributed by atoms with Crippen molar-refractivity contribution < 1.29 is 27.1 Å². The third-order valence-electron chi connectivity index (χ3n) is 9.89. The van der Waals surface area contributed by atoms with Crippen molar-refractivity contribution in [1.29, 1.82) is 0 Å². The van der Waals surface area contributed by atoms with Gasteiger partial charge in [0.15, 0.2) is 0 Å². The largest absolute Gasteiger partial charge is 0.462 e. The van der Waals surface area contributed by atoms with Crippen LogP contribution in [0.3, 0.4) is 0 Å². The quantitative estimate of drug-likeness (QED) is 0.249. The van der Waals surface area contributed by atoms with Crippen LogP contribution in [0.2, 0.25) is 0 Å². The highest BCUT2D eigenvalue weighted by molar-refractivity contribution is 5.87. The third-order valence-corrected chi connectivity index (χ3v) is 9.89. The maximum absolute atomic E-state index is 15.7. The highest BCUT2D eigenvalue weighted by Gasteiger charge is 2.44. The molecule has 45 heavy (non-hydrogen) atoms. The number of halogens is 4. The Morgan fingerprint density at radius 3 is 2.53 bits per heavy atom. The molecule has 5 atom stereocenters. The van der Waals surface area contributed by atoms with Crippen LogP contribution in [-0.4, -0.2) is 77.6 Å². The number of likely N-dealkylation sites (tertiary alicyclic amines) is 1. The molecule has 2 aliphatic heterocycles. The summed E-state index contributed by atoms with van der Waals surface area (Å²) in [5.74, 6) is -1.06. The molecule has 12 heteroatoms. The van der Waals surface area contributed by atoms with Gasteiger partial charge in [0.25, 0.3) is 0 Å². The molecule has 3 heterocycles. The summed E-state index contributed by atoms with van der Waals surface area (Å²) in [6.45, 7) is 13.8. The highest BCUT2D eigenvalue weighted by Crippen LogP contribution is 2.48. The van der Waals surface area contributed by atoms with Crippen molar-refractivity contribution in [2.45, 2.75) is 77.6 Å². The normalized spacial score (nSPS) is 25.8. The maximum atomic E-state index is 15.7. The Labute approximate surface area is 262 Å². The number of alkyl halides is 3. The number of nitrogen functional groups attached to an aromatic ring is 1. The number of hydrogen-bond acceptors (Lipinski definition) is 7. The molecule has 1 aliphatic carbocycles. The van der Waals surface area contributed by atoms with Gasteiger partial charge in [0.1, 0.15) is 18.2 Å². The molecule has 2 aromatic rings. The van der Waals surface area contributed by atoms with Crippen molar-refractivity contribution in [3.8, 4) is 6.01 Å². The van der Waals surface area contributed by atoms with Crippen LogP contribution in [0, 0.1) is 24.6 Å². The number of aromatic nitrogens is 2. The SMILES string of the molecule is C=CC(=O)N1CCN(c2nc(OC[C@@H]3C[C@@H](C)CN3C)nc3c2C[C@@H](CC)[C@H](c2c(F)c(N)cc(C)c2C(F)(F)F)C3)[C@@H](C)C1. The molecule has 246 valence electrons. The number of aryl methyl sites for hydroxylation is 1. The van der Waals surface area contributed by atoms with E-state index in [-0.39, 0.29) is 53.2 Å². The number of ether oxygens (including phenoxy) is 1. The number of nitrogens with zero attached hydrogens (tertiary/aromatic N) is 5. The fourth-order valence-corrected chi connectivity index (χ4v) is 7.62. The van der Waals surface area contributed by atoms with Gasteiger partial charge in [0, 0.05) is 49.4 Å². The maximum Gasteiger partial charge on any atom is 0.417 e. The van der Waals surface area contributed by atoms with Crippen LogP contribution in [0.1, 0.15) is 67.5 Å². The van der Waals surface area contributed by atoms with Crippen LogP contribution >= 0.6 is 0 Å². The van der Waals surface area contributed by atoms with Gasteiger partial charge in [-0.25, -0.2) is 4.39 Å². The number of carbonyl (C=O) groups is 1. The molecule has 1 amide bonds. The van der Waals surface area contributed by atoms with Gasteiger partial charge in [-0.2, -0.15) is 23.1 Å². The lowest BCUT2D eigenvalue weighted by molar-refractivity contribution is -0.139. The van der Waals surface area contributed by atoms with Gasteiger partial charge in [-0.15, -0.1) is 0 Å². The van der Waals surface area contributed by atoms with E-state index < -0.39 is 23.5 Å². The average Bonchev–Trinajstić information content (AvgIpc) is 3.31. The summed E-state index contributed by atoms with van der Waals surface area (Å²) in [4.78, 5) is 28.1. The fourth-order valence-electron chi connectivity index (χ4n) is 7.62. The number of piperazine rings is 1. The minimum absolute atomic E-state index is 0.0896. The summed E-state index contributed by atoms with van der Waals surface area (Å²) < 4.78 is 65.2. The molecule has 2 saturated heterocycles. The van der Waals surface area contributed by atoms with Crippen LogP contribution in [-0.2, 0) is 23.8 Å². The average molecular weight is 633 g/mol. The summed E-state index contributed by atoms with van der Waals surface area (Å²) in [7, 11) is 2.05. The van der Waals surface area contributed by atoms with Gasteiger partial charge in [-0.05, 0) is 75.6 Å². The first-order valence-electron chi connectivity index (χ1n) is 15.8. The van der Waals surface area contributed by atoms with Crippen LogP contribution in [0.25, 0.3) is 0 Å². The number of carbonyl (C=O) groups excluding carboxylic acids is 1. The molecule has 1 aromatic heterocycles. The summed E-state index contributed by atoms with van der Waals surface area (Å²) in [6, 6.07) is 1.30. The zero-order valence-corrected chi connectivity index (χ0v) is 26.8. The van der Waals surface area contributed by atoms with Crippen molar-refractivity contribution in [2.75, 3.05) is 50.5 Å². The number of amides is 1. The van der Waals surface area contributed by atoms with E-state index in [9.17, 15) is 18.0 Å². The first kappa shape index (κ1) is 33.0. The molecule has 0 unspecified atom stereocenters. The Kier molecular flexibility index (Phi) is 9.35. The monoisotopic (exact) mass is 632 g/mol. The van der Waals surface area contributed by atoms with Crippen LogP contribution < -0.4 is 15.4 Å². The van der Waals surface area contributed by atoms with Gasteiger partial charge < -0.3 is 20.3 Å². The van der Waals surface area contributed by atoms with Gasteiger partial charge >= 0.3 is 12.2 Å². The highest BCUT2D eigenvalue weighted by atomic mass is 19.4. The minimum Gasteiger partial charge on any atom is -0.462 e. The second kappa shape index (κ2) is 12.8. The summed E-state index contributed by atoms with van der Waals surface area (Å²) in [5, 5.41) is 0. The van der Waals surface area contributed by atoms with Crippen molar-refractivity contribution in [3.05, 3.63) is 52.5 Å². The Morgan fingerprint density at radius 1 is 1.20 bits per heavy atom. The molecule has 0 bridgehead atoms. The minimum atomic E-state index is -4.75. The second-order valence-corrected chi connectivity index (χ2v) is 13.1.